The second-order valence-electron chi connectivity index (χ2n) is 4.45. The fourth-order valence-corrected chi connectivity index (χ4v) is 2.03. The van der Waals surface area contributed by atoms with E-state index in [4.69, 9.17) is 11.6 Å². The molecular formula is C16H15ClN2O2. The van der Waals surface area contributed by atoms with Crippen LogP contribution in [-0.2, 0) is 4.79 Å². The first-order valence-electron chi connectivity index (χ1n) is 6.44. The fraction of sp³-hybridized carbons (Fsp3) is 0.125. The van der Waals surface area contributed by atoms with E-state index in [1.165, 1.54) is 4.90 Å². The largest absolute Gasteiger partial charge is 0.343 e. The van der Waals surface area contributed by atoms with Crippen molar-refractivity contribution >= 4 is 29.1 Å². The molecule has 0 radical (unpaired) electrons. The number of rotatable bonds is 4. The summed E-state index contributed by atoms with van der Waals surface area (Å²) in [5.41, 5.74) is 1.13. The number of carbonyl (C=O) groups is 2. The number of hydrogen-bond acceptors (Lipinski definition) is 2. The number of halogens is 1. The van der Waals surface area contributed by atoms with Gasteiger partial charge < -0.3 is 10.2 Å². The minimum atomic E-state index is -0.365. The van der Waals surface area contributed by atoms with Gasteiger partial charge in [0.1, 0.15) is 0 Å². The van der Waals surface area contributed by atoms with Crippen molar-refractivity contribution < 1.29 is 9.59 Å². The van der Waals surface area contributed by atoms with Crippen molar-refractivity contribution in [1.82, 2.24) is 5.32 Å². The number of likely N-dealkylation sites (N-methyl/N-ethyl adjacent to an activating group) is 1. The lowest BCUT2D eigenvalue weighted by Crippen LogP contribution is -2.38. The van der Waals surface area contributed by atoms with E-state index in [9.17, 15) is 9.59 Å². The van der Waals surface area contributed by atoms with Crippen LogP contribution in [0.5, 0.6) is 0 Å². The molecule has 0 aliphatic rings. The van der Waals surface area contributed by atoms with E-state index in [0.29, 0.717) is 10.6 Å². The molecule has 0 spiro atoms. The first kappa shape index (κ1) is 15.1. The Hall–Kier alpha value is -2.33. The van der Waals surface area contributed by atoms with Crippen LogP contribution in [0.2, 0.25) is 5.02 Å². The molecule has 0 bridgehead atoms. The third kappa shape index (κ3) is 3.83. The van der Waals surface area contributed by atoms with Gasteiger partial charge in [0.25, 0.3) is 5.91 Å². The summed E-state index contributed by atoms with van der Waals surface area (Å²) < 4.78 is 0. The summed E-state index contributed by atoms with van der Waals surface area (Å²) in [5.74, 6) is -0.572. The molecule has 0 aliphatic carbocycles. The van der Waals surface area contributed by atoms with Crippen LogP contribution in [0.4, 0.5) is 5.69 Å². The van der Waals surface area contributed by atoms with E-state index in [1.807, 2.05) is 30.3 Å². The van der Waals surface area contributed by atoms with Crippen LogP contribution in [0.3, 0.4) is 0 Å². The molecule has 0 heterocycles. The van der Waals surface area contributed by atoms with Crippen LogP contribution in [0, 0.1) is 0 Å². The molecule has 0 atom stereocenters. The zero-order valence-electron chi connectivity index (χ0n) is 11.5. The van der Waals surface area contributed by atoms with Crippen molar-refractivity contribution in [2.75, 3.05) is 18.5 Å². The molecule has 108 valence electrons. The maximum Gasteiger partial charge on any atom is 0.253 e. The lowest BCUT2D eigenvalue weighted by Gasteiger charge is -2.17. The van der Waals surface area contributed by atoms with Crippen molar-refractivity contribution in [3.63, 3.8) is 0 Å². The van der Waals surface area contributed by atoms with Crippen molar-refractivity contribution in [2.24, 2.45) is 0 Å². The summed E-state index contributed by atoms with van der Waals surface area (Å²) >= 11 is 5.94. The van der Waals surface area contributed by atoms with Crippen LogP contribution in [-0.4, -0.2) is 25.4 Å². The number of anilines is 1. The second-order valence-corrected chi connectivity index (χ2v) is 4.86. The highest BCUT2D eigenvalue weighted by Gasteiger charge is 2.14. The zero-order valence-corrected chi connectivity index (χ0v) is 12.3. The lowest BCUT2D eigenvalue weighted by atomic mass is 10.2. The molecule has 1 N–H and O–H groups in total. The van der Waals surface area contributed by atoms with Crippen molar-refractivity contribution in [3.8, 4) is 0 Å². The predicted molar refractivity (Wildman–Crippen MR) is 83.6 cm³/mol. The van der Waals surface area contributed by atoms with Gasteiger partial charge >= 0.3 is 0 Å². The van der Waals surface area contributed by atoms with Gasteiger partial charge in [-0.05, 0) is 24.3 Å². The Morgan fingerprint density at radius 3 is 2.33 bits per heavy atom. The normalized spacial score (nSPS) is 10.0. The van der Waals surface area contributed by atoms with E-state index in [0.717, 1.165) is 5.69 Å². The maximum absolute atomic E-state index is 12.0. The van der Waals surface area contributed by atoms with Gasteiger partial charge in [0.15, 0.2) is 0 Å². The summed E-state index contributed by atoms with van der Waals surface area (Å²) in [4.78, 5) is 25.5. The quantitative estimate of drug-likeness (QED) is 0.944. The molecular weight excluding hydrogens is 288 g/mol. The van der Waals surface area contributed by atoms with Crippen LogP contribution >= 0.6 is 11.6 Å². The lowest BCUT2D eigenvalue weighted by molar-refractivity contribution is -0.117. The van der Waals surface area contributed by atoms with Gasteiger partial charge in [0, 0.05) is 12.7 Å². The van der Waals surface area contributed by atoms with E-state index in [1.54, 1.807) is 31.3 Å². The summed E-state index contributed by atoms with van der Waals surface area (Å²) in [6.45, 7) is -0.0878. The average Bonchev–Trinajstić information content (AvgIpc) is 2.52. The van der Waals surface area contributed by atoms with Gasteiger partial charge in [-0.25, -0.2) is 0 Å². The summed E-state index contributed by atoms with van der Waals surface area (Å²) in [6, 6.07) is 15.9. The number of para-hydroxylation sites is 1. The molecule has 0 aliphatic heterocycles. The average molecular weight is 303 g/mol. The van der Waals surface area contributed by atoms with Crippen LogP contribution in [0.25, 0.3) is 0 Å². The molecule has 2 amide bonds. The highest BCUT2D eigenvalue weighted by molar-refractivity contribution is 6.33. The fourth-order valence-electron chi connectivity index (χ4n) is 1.81. The molecule has 5 heteroatoms. The smallest absolute Gasteiger partial charge is 0.253 e. The SMILES string of the molecule is CN(C(=O)CNC(=O)c1ccccc1Cl)c1ccccc1. The number of benzene rings is 2. The Labute approximate surface area is 128 Å². The number of nitrogens with zero attached hydrogens (tertiary/aromatic N) is 1. The Kier molecular flexibility index (Phi) is 4.95. The molecule has 2 aromatic carbocycles. The molecule has 2 aromatic rings. The Bertz CT molecular complexity index is 644. The second kappa shape index (κ2) is 6.90. The van der Waals surface area contributed by atoms with Gasteiger partial charge in [-0.2, -0.15) is 0 Å². The first-order chi connectivity index (χ1) is 10.1. The number of nitrogens with one attached hydrogen (secondary N) is 1. The molecule has 21 heavy (non-hydrogen) atoms. The standard InChI is InChI=1S/C16H15ClN2O2/c1-19(12-7-3-2-4-8-12)15(20)11-18-16(21)13-9-5-6-10-14(13)17/h2-10H,11H2,1H3,(H,18,21). The van der Waals surface area contributed by atoms with Crippen LogP contribution in [0.15, 0.2) is 54.6 Å². The Balaban J connectivity index is 1.95. The van der Waals surface area contributed by atoms with E-state index in [2.05, 4.69) is 5.32 Å². The monoisotopic (exact) mass is 302 g/mol. The Morgan fingerprint density at radius 1 is 1.05 bits per heavy atom. The number of hydrogen-bond donors (Lipinski definition) is 1. The molecule has 0 saturated heterocycles. The highest BCUT2D eigenvalue weighted by atomic mass is 35.5. The Morgan fingerprint density at radius 2 is 1.67 bits per heavy atom. The minimum Gasteiger partial charge on any atom is -0.343 e. The molecule has 2 rings (SSSR count). The van der Waals surface area contributed by atoms with Gasteiger partial charge in [-0.15, -0.1) is 0 Å². The minimum absolute atomic E-state index is 0.0878. The third-order valence-corrected chi connectivity index (χ3v) is 3.37. The van der Waals surface area contributed by atoms with E-state index < -0.39 is 0 Å². The van der Waals surface area contributed by atoms with Crippen molar-refractivity contribution in [1.29, 1.82) is 0 Å². The van der Waals surface area contributed by atoms with Gasteiger partial charge in [0.05, 0.1) is 17.1 Å². The van der Waals surface area contributed by atoms with Gasteiger partial charge in [0.2, 0.25) is 5.91 Å². The first-order valence-corrected chi connectivity index (χ1v) is 6.81. The van der Waals surface area contributed by atoms with Crippen LogP contribution in [0.1, 0.15) is 10.4 Å². The number of carbonyl (C=O) groups excluding carboxylic acids is 2. The van der Waals surface area contributed by atoms with Gasteiger partial charge in [-0.3, -0.25) is 9.59 Å². The third-order valence-electron chi connectivity index (χ3n) is 3.04. The molecule has 0 aromatic heterocycles. The highest BCUT2D eigenvalue weighted by Crippen LogP contribution is 2.14. The van der Waals surface area contributed by atoms with Crippen molar-refractivity contribution in [2.45, 2.75) is 0 Å². The zero-order chi connectivity index (χ0) is 15.2. The number of amides is 2. The summed E-state index contributed by atoms with van der Waals surface area (Å²) in [6.07, 6.45) is 0. The van der Waals surface area contributed by atoms with Crippen LogP contribution < -0.4 is 10.2 Å². The molecule has 0 saturated carbocycles. The van der Waals surface area contributed by atoms with E-state index in [-0.39, 0.29) is 18.4 Å². The molecule has 0 unspecified atom stereocenters. The summed E-state index contributed by atoms with van der Waals surface area (Å²) in [5, 5.41) is 2.94. The van der Waals surface area contributed by atoms with E-state index >= 15 is 0 Å². The van der Waals surface area contributed by atoms with Crippen molar-refractivity contribution in [3.05, 3.63) is 65.2 Å². The molecule has 0 fully saturated rings. The van der Waals surface area contributed by atoms with Gasteiger partial charge in [-0.1, -0.05) is 41.9 Å². The molecule has 4 nitrogen and oxygen atoms in total. The topological polar surface area (TPSA) is 49.4 Å². The predicted octanol–water partition coefficient (Wildman–Crippen LogP) is 2.73. The maximum atomic E-state index is 12.0. The summed E-state index contributed by atoms with van der Waals surface area (Å²) in [7, 11) is 1.67.